The molecule has 0 radical (unpaired) electrons. The Balaban J connectivity index is 1.53. The van der Waals surface area contributed by atoms with Gasteiger partial charge in [-0.3, -0.25) is 0 Å². The highest BCUT2D eigenvalue weighted by atomic mass is 16.2. The molecule has 34 heavy (non-hydrogen) atoms. The topological polar surface area (TPSA) is 79.2 Å². The summed E-state index contributed by atoms with van der Waals surface area (Å²) < 4.78 is 1.88. The first kappa shape index (κ1) is 21.9. The highest BCUT2D eigenvalue weighted by Crippen LogP contribution is 2.27. The van der Waals surface area contributed by atoms with Crippen molar-refractivity contribution in [2.75, 3.05) is 37.6 Å². The molecule has 0 atom stereocenters. The highest BCUT2D eigenvalue weighted by molar-refractivity contribution is 5.88. The van der Waals surface area contributed by atoms with E-state index in [1.165, 1.54) is 0 Å². The number of rotatable bonds is 5. The van der Waals surface area contributed by atoms with Crippen LogP contribution in [0.3, 0.4) is 0 Å². The number of amides is 2. The van der Waals surface area contributed by atoms with Crippen LogP contribution < -0.4 is 10.2 Å². The number of para-hydroxylation sites is 1. The van der Waals surface area contributed by atoms with E-state index in [1.807, 2.05) is 71.2 Å². The van der Waals surface area contributed by atoms with Gasteiger partial charge < -0.3 is 15.1 Å². The number of hydrogen-bond donors (Lipinski definition) is 1. The Bertz CT molecular complexity index is 1260. The zero-order valence-electron chi connectivity index (χ0n) is 19.4. The van der Waals surface area contributed by atoms with E-state index in [-0.39, 0.29) is 6.03 Å². The van der Waals surface area contributed by atoms with Gasteiger partial charge in [0.1, 0.15) is 11.6 Å². The monoisotopic (exact) mass is 455 g/mol. The van der Waals surface area contributed by atoms with Gasteiger partial charge in [0.25, 0.3) is 0 Å². The van der Waals surface area contributed by atoms with E-state index in [0.29, 0.717) is 26.1 Å². The average Bonchev–Trinajstić information content (AvgIpc) is 3.13. The van der Waals surface area contributed by atoms with E-state index in [9.17, 15) is 4.79 Å². The number of carbonyl (C=O) groups is 1. The van der Waals surface area contributed by atoms with Crippen LogP contribution in [-0.2, 0) is 6.42 Å². The second-order valence-corrected chi connectivity index (χ2v) is 8.42. The summed E-state index contributed by atoms with van der Waals surface area (Å²) in [7, 11) is 0. The van der Waals surface area contributed by atoms with Crippen LogP contribution in [0.25, 0.3) is 16.7 Å². The molecular weight excluding hydrogens is 426 g/mol. The molecule has 3 heterocycles. The molecule has 0 bridgehead atoms. The maximum absolute atomic E-state index is 12.4. The van der Waals surface area contributed by atoms with Gasteiger partial charge in [0.2, 0.25) is 0 Å². The molecule has 4 aromatic rings. The van der Waals surface area contributed by atoms with Crippen LogP contribution in [0.1, 0.15) is 24.7 Å². The fourth-order valence-electron chi connectivity index (χ4n) is 4.39. The first-order valence-corrected chi connectivity index (χ1v) is 11.8. The zero-order chi connectivity index (χ0) is 23.3. The SMILES string of the molecule is CCNC(=O)N1CCCN(c2nc(Cc3ccccc3)nc3c2cnn3-c2ccccc2)CC1. The van der Waals surface area contributed by atoms with E-state index in [0.717, 1.165) is 53.4 Å². The number of carbonyl (C=O) groups excluding carboxylic acids is 1. The Hall–Kier alpha value is -3.94. The van der Waals surface area contributed by atoms with Gasteiger partial charge in [0.15, 0.2) is 5.65 Å². The number of anilines is 1. The second-order valence-electron chi connectivity index (χ2n) is 8.42. The summed E-state index contributed by atoms with van der Waals surface area (Å²) >= 11 is 0. The molecule has 5 rings (SSSR count). The molecule has 2 aromatic heterocycles. The number of fused-ring (bicyclic) bond motifs is 1. The molecule has 8 heteroatoms. The minimum absolute atomic E-state index is 0.00107. The fourth-order valence-corrected chi connectivity index (χ4v) is 4.39. The molecule has 0 saturated carbocycles. The molecule has 8 nitrogen and oxygen atoms in total. The summed E-state index contributed by atoms with van der Waals surface area (Å²) in [4.78, 5) is 26.5. The lowest BCUT2D eigenvalue weighted by Crippen LogP contribution is -2.42. The first-order valence-electron chi connectivity index (χ1n) is 11.8. The van der Waals surface area contributed by atoms with E-state index in [2.05, 4.69) is 27.4 Å². The van der Waals surface area contributed by atoms with Gasteiger partial charge in [-0.1, -0.05) is 48.5 Å². The Morgan fingerprint density at radius 1 is 0.941 bits per heavy atom. The molecule has 1 fully saturated rings. The number of benzene rings is 2. The summed E-state index contributed by atoms with van der Waals surface area (Å²) in [5, 5.41) is 8.51. The van der Waals surface area contributed by atoms with Crippen molar-refractivity contribution in [1.82, 2.24) is 30.0 Å². The van der Waals surface area contributed by atoms with Crippen LogP contribution >= 0.6 is 0 Å². The molecule has 0 spiro atoms. The third-order valence-electron chi connectivity index (χ3n) is 6.07. The molecule has 2 amide bonds. The van der Waals surface area contributed by atoms with Gasteiger partial charge in [0, 0.05) is 39.1 Å². The van der Waals surface area contributed by atoms with Gasteiger partial charge in [0.05, 0.1) is 17.3 Å². The molecule has 2 aromatic carbocycles. The Morgan fingerprint density at radius 3 is 2.47 bits per heavy atom. The van der Waals surface area contributed by atoms with Crippen molar-refractivity contribution in [2.24, 2.45) is 0 Å². The number of nitrogens with zero attached hydrogens (tertiary/aromatic N) is 6. The van der Waals surface area contributed by atoms with Crippen molar-refractivity contribution in [2.45, 2.75) is 19.8 Å². The van der Waals surface area contributed by atoms with E-state index in [1.54, 1.807) is 0 Å². The molecule has 0 unspecified atom stereocenters. The lowest BCUT2D eigenvalue weighted by molar-refractivity contribution is 0.202. The van der Waals surface area contributed by atoms with Crippen LogP contribution in [0.4, 0.5) is 10.6 Å². The van der Waals surface area contributed by atoms with Crippen molar-refractivity contribution >= 4 is 22.9 Å². The van der Waals surface area contributed by atoms with Crippen molar-refractivity contribution in [3.05, 3.63) is 78.2 Å². The first-order chi connectivity index (χ1) is 16.7. The predicted molar refractivity (Wildman–Crippen MR) is 133 cm³/mol. The van der Waals surface area contributed by atoms with Gasteiger partial charge in [-0.25, -0.2) is 19.4 Å². The van der Waals surface area contributed by atoms with Gasteiger partial charge in [-0.05, 0) is 31.0 Å². The van der Waals surface area contributed by atoms with Gasteiger partial charge in [-0.15, -0.1) is 0 Å². The molecular formula is C26H29N7O. The van der Waals surface area contributed by atoms with Crippen LogP contribution in [0.15, 0.2) is 66.9 Å². The minimum atomic E-state index is -0.00107. The predicted octanol–water partition coefficient (Wildman–Crippen LogP) is 3.65. The number of urea groups is 1. The number of nitrogens with one attached hydrogen (secondary N) is 1. The number of hydrogen-bond acceptors (Lipinski definition) is 5. The molecule has 174 valence electrons. The number of aromatic nitrogens is 4. The quantitative estimate of drug-likeness (QED) is 0.497. The van der Waals surface area contributed by atoms with Crippen LogP contribution in [-0.4, -0.2) is 63.4 Å². The summed E-state index contributed by atoms with van der Waals surface area (Å²) in [6.45, 7) is 5.49. The smallest absolute Gasteiger partial charge is 0.317 e. The zero-order valence-corrected chi connectivity index (χ0v) is 19.4. The standard InChI is InChI=1S/C26H29N7O/c1-2-27-26(34)32-15-9-14-31(16-17-32)24-22-19-28-33(21-12-7-4-8-13-21)25(22)30-23(29-24)18-20-10-5-3-6-11-20/h3-8,10-13,19H,2,9,14-18H2,1H3,(H,27,34). The summed E-state index contributed by atoms with van der Waals surface area (Å²) in [6.07, 6.45) is 3.38. The Kier molecular flexibility index (Phi) is 6.38. The summed E-state index contributed by atoms with van der Waals surface area (Å²) in [5.41, 5.74) is 2.93. The van der Waals surface area contributed by atoms with Gasteiger partial charge >= 0.3 is 6.03 Å². The molecule has 1 N–H and O–H groups in total. The third kappa shape index (κ3) is 4.57. The Morgan fingerprint density at radius 2 is 1.71 bits per heavy atom. The van der Waals surface area contributed by atoms with Crippen LogP contribution in [0.2, 0.25) is 0 Å². The second kappa shape index (κ2) is 9.91. The van der Waals surface area contributed by atoms with Crippen LogP contribution in [0, 0.1) is 0 Å². The fraction of sp³-hybridized carbons (Fsp3) is 0.308. The highest BCUT2D eigenvalue weighted by Gasteiger charge is 2.23. The average molecular weight is 456 g/mol. The largest absolute Gasteiger partial charge is 0.354 e. The Labute approximate surface area is 199 Å². The van der Waals surface area contributed by atoms with E-state index in [4.69, 9.17) is 9.97 Å². The lowest BCUT2D eigenvalue weighted by atomic mass is 10.1. The summed E-state index contributed by atoms with van der Waals surface area (Å²) in [6, 6.07) is 20.3. The van der Waals surface area contributed by atoms with Crippen molar-refractivity contribution in [3.63, 3.8) is 0 Å². The molecule has 0 aliphatic carbocycles. The molecule has 1 aliphatic heterocycles. The normalized spacial score (nSPS) is 14.3. The molecule has 1 aliphatic rings. The van der Waals surface area contributed by atoms with Crippen LogP contribution in [0.5, 0.6) is 0 Å². The lowest BCUT2D eigenvalue weighted by Gasteiger charge is -2.24. The maximum Gasteiger partial charge on any atom is 0.317 e. The third-order valence-corrected chi connectivity index (χ3v) is 6.07. The maximum atomic E-state index is 12.4. The van der Waals surface area contributed by atoms with E-state index < -0.39 is 0 Å². The van der Waals surface area contributed by atoms with Crippen molar-refractivity contribution in [3.8, 4) is 5.69 Å². The minimum Gasteiger partial charge on any atom is -0.354 e. The van der Waals surface area contributed by atoms with Crippen molar-refractivity contribution in [1.29, 1.82) is 0 Å². The van der Waals surface area contributed by atoms with E-state index >= 15 is 0 Å². The molecule has 1 saturated heterocycles. The van der Waals surface area contributed by atoms with Gasteiger partial charge in [-0.2, -0.15) is 5.10 Å². The van der Waals surface area contributed by atoms with Crippen molar-refractivity contribution < 1.29 is 4.79 Å². The summed E-state index contributed by atoms with van der Waals surface area (Å²) in [5.74, 6) is 1.65.